The average Bonchev–Trinajstić information content (AvgIpc) is 2.87. The number of aliphatic hydroxyl groups excluding tert-OH is 1. The van der Waals surface area contributed by atoms with Gasteiger partial charge in [0.2, 0.25) is 0 Å². The van der Waals surface area contributed by atoms with Crippen LogP contribution in [0.25, 0.3) is 0 Å². The normalized spacial score (nSPS) is 9.38. The summed E-state index contributed by atoms with van der Waals surface area (Å²) in [7, 11) is 0. The lowest BCUT2D eigenvalue weighted by Gasteiger charge is -2.02. The molecule has 0 bridgehead atoms. The zero-order valence-corrected chi connectivity index (χ0v) is 12.1. The van der Waals surface area contributed by atoms with Crippen LogP contribution in [-0.2, 0) is 0 Å². The number of carbonyl (C=O) groups is 1. The highest BCUT2D eigenvalue weighted by Crippen LogP contribution is 2.22. The third-order valence-corrected chi connectivity index (χ3v) is 3.85. The minimum absolute atomic E-state index is 0.204. The highest BCUT2D eigenvalue weighted by atomic mass is 32.1. The summed E-state index contributed by atoms with van der Waals surface area (Å²) in [4.78, 5) is 13.5. The van der Waals surface area contributed by atoms with Crippen LogP contribution in [-0.4, -0.2) is 17.6 Å². The molecular formula is C16H12N2O2S. The lowest BCUT2D eigenvalue weighted by Crippen LogP contribution is -2.09. The second kappa shape index (κ2) is 6.71. The number of anilines is 1. The highest BCUT2D eigenvalue weighted by molar-refractivity contribution is 7.14. The molecule has 0 saturated heterocycles. The molecule has 0 atom stereocenters. The van der Waals surface area contributed by atoms with Gasteiger partial charge in [0.1, 0.15) is 6.61 Å². The van der Waals surface area contributed by atoms with Gasteiger partial charge >= 0.3 is 0 Å². The molecule has 104 valence electrons. The molecule has 2 N–H and O–H groups in total. The van der Waals surface area contributed by atoms with Crippen molar-refractivity contribution in [2.24, 2.45) is 0 Å². The molecule has 0 aliphatic heterocycles. The SMILES string of the molecule is Cc1cc(C(=O)Nc2ccc(C#N)cc2)sc1C#CCO. The Morgan fingerprint density at radius 1 is 1.38 bits per heavy atom. The van der Waals surface area contributed by atoms with Crippen LogP contribution in [0.4, 0.5) is 5.69 Å². The first-order valence-corrected chi connectivity index (χ1v) is 6.97. The predicted molar refractivity (Wildman–Crippen MR) is 82.1 cm³/mol. The number of nitriles is 1. The molecule has 0 saturated carbocycles. The highest BCUT2D eigenvalue weighted by Gasteiger charge is 2.11. The van der Waals surface area contributed by atoms with E-state index in [1.807, 2.05) is 13.0 Å². The topological polar surface area (TPSA) is 73.1 Å². The summed E-state index contributed by atoms with van der Waals surface area (Å²) in [5, 5.41) is 20.2. The second-order valence-corrected chi connectivity index (χ2v) is 5.28. The van der Waals surface area contributed by atoms with E-state index in [0.29, 0.717) is 16.1 Å². The van der Waals surface area contributed by atoms with Crippen molar-refractivity contribution in [2.75, 3.05) is 11.9 Å². The minimum atomic E-state index is -0.218. The molecule has 4 nitrogen and oxygen atoms in total. The van der Waals surface area contributed by atoms with Crippen LogP contribution in [0, 0.1) is 30.1 Å². The van der Waals surface area contributed by atoms with Crippen molar-refractivity contribution < 1.29 is 9.90 Å². The number of hydrogen-bond donors (Lipinski definition) is 2. The summed E-state index contributed by atoms with van der Waals surface area (Å²) in [6, 6.07) is 10.5. The summed E-state index contributed by atoms with van der Waals surface area (Å²) in [5.41, 5.74) is 2.08. The molecule has 21 heavy (non-hydrogen) atoms. The number of hydrogen-bond acceptors (Lipinski definition) is 4. The number of nitrogens with one attached hydrogen (secondary N) is 1. The Bertz CT molecular complexity index is 758. The van der Waals surface area contributed by atoms with Crippen LogP contribution < -0.4 is 5.32 Å². The molecule has 1 aromatic carbocycles. The molecule has 0 aliphatic rings. The van der Waals surface area contributed by atoms with Gasteiger partial charge in [-0.15, -0.1) is 11.3 Å². The van der Waals surface area contributed by atoms with Gasteiger partial charge in [0.15, 0.2) is 0 Å². The maximum absolute atomic E-state index is 12.1. The molecule has 5 heteroatoms. The Kier molecular flexibility index (Phi) is 4.73. The quantitative estimate of drug-likeness (QED) is 0.836. The lowest BCUT2D eigenvalue weighted by molar-refractivity contribution is 0.103. The van der Waals surface area contributed by atoms with Crippen molar-refractivity contribution in [3.05, 3.63) is 51.2 Å². The van der Waals surface area contributed by atoms with Crippen LogP contribution in [0.2, 0.25) is 0 Å². The van der Waals surface area contributed by atoms with Crippen LogP contribution >= 0.6 is 11.3 Å². The van der Waals surface area contributed by atoms with Gasteiger partial charge in [0.25, 0.3) is 5.91 Å². The van der Waals surface area contributed by atoms with Gasteiger partial charge in [-0.3, -0.25) is 4.79 Å². The summed E-state index contributed by atoms with van der Waals surface area (Å²) >= 11 is 1.29. The Morgan fingerprint density at radius 2 is 2.10 bits per heavy atom. The van der Waals surface area contributed by atoms with Gasteiger partial charge < -0.3 is 10.4 Å². The van der Waals surface area contributed by atoms with Crippen molar-refractivity contribution in [1.29, 1.82) is 5.26 Å². The van der Waals surface area contributed by atoms with Crippen LogP contribution in [0.5, 0.6) is 0 Å². The maximum Gasteiger partial charge on any atom is 0.265 e. The monoisotopic (exact) mass is 296 g/mol. The van der Waals surface area contributed by atoms with Crippen LogP contribution in [0.15, 0.2) is 30.3 Å². The number of amides is 1. The standard InChI is InChI=1S/C16H12N2O2S/c1-11-9-15(21-14(11)3-2-8-19)16(20)18-13-6-4-12(10-17)5-7-13/h4-7,9,19H,8H2,1H3,(H,18,20). The summed E-state index contributed by atoms with van der Waals surface area (Å²) < 4.78 is 0. The van der Waals surface area contributed by atoms with Crippen molar-refractivity contribution in [3.63, 3.8) is 0 Å². The molecular weight excluding hydrogens is 284 g/mol. The van der Waals surface area contributed by atoms with Gasteiger partial charge in [-0.05, 0) is 42.8 Å². The van der Waals surface area contributed by atoms with E-state index in [2.05, 4.69) is 17.2 Å². The molecule has 0 aliphatic carbocycles. The molecule has 1 aromatic heterocycles. The molecule has 2 rings (SSSR count). The fourth-order valence-electron chi connectivity index (χ4n) is 1.66. The van der Waals surface area contributed by atoms with Crippen molar-refractivity contribution >= 4 is 22.9 Å². The number of nitrogens with zero attached hydrogens (tertiary/aromatic N) is 1. The first-order valence-electron chi connectivity index (χ1n) is 6.15. The number of aryl methyl sites for hydroxylation is 1. The van der Waals surface area contributed by atoms with E-state index in [9.17, 15) is 4.79 Å². The minimum Gasteiger partial charge on any atom is -0.384 e. The molecule has 1 heterocycles. The van der Waals surface area contributed by atoms with Gasteiger partial charge in [-0.25, -0.2) is 0 Å². The number of benzene rings is 1. The van der Waals surface area contributed by atoms with Crippen molar-refractivity contribution in [3.8, 4) is 17.9 Å². The molecule has 0 spiro atoms. The third kappa shape index (κ3) is 3.70. The van der Waals surface area contributed by atoms with E-state index in [1.165, 1.54) is 11.3 Å². The molecule has 2 aromatic rings. The first kappa shape index (κ1) is 14.8. The van der Waals surface area contributed by atoms with Crippen LogP contribution in [0.3, 0.4) is 0 Å². The van der Waals surface area contributed by atoms with E-state index >= 15 is 0 Å². The van der Waals surface area contributed by atoms with Gasteiger partial charge in [-0.1, -0.05) is 11.8 Å². The van der Waals surface area contributed by atoms with E-state index in [4.69, 9.17) is 10.4 Å². The predicted octanol–water partition coefficient (Wildman–Crippen LogP) is 2.52. The summed E-state index contributed by atoms with van der Waals surface area (Å²) in [5.74, 6) is 5.18. The molecule has 1 amide bonds. The Balaban J connectivity index is 2.15. The maximum atomic E-state index is 12.1. The van der Waals surface area contributed by atoms with Crippen LogP contribution in [0.1, 0.15) is 25.7 Å². The average molecular weight is 296 g/mol. The second-order valence-electron chi connectivity index (χ2n) is 4.23. The fourth-order valence-corrected chi connectivity index (χ4v) is 2.60. The Hall–Kier alpha value is -2.60. The van der Waals surface area contributed by atoms with Crippen molar-refractivity contribution in [1.82, 2.24) is 0 Å². The number of carbonyl (C=O) groups excluding carboxylic acids is 1. The van der Waals surface area contributed by atoms with Crippen molar-refractivity contribution in [2.45, 2.75) is 6.92 Å². The van der Waals surface area contributed by atoms with E-state index in [1.54, 1.807) is 30.3 Å². The van der Waals surface area contributed by atoms with Gasteiger partial charge in [0.05, 0.1) is 21.4 Å². The number of rotatable bonds is 2. The molecule has 0 unspecified atom stereocenters. The smallest absolute Gasteiger partial charge is 0.265 e. The third-order valence-electron chi connectivity index (χ3n) is 2.69. The van der Waals surface area contributed by atoms with E-state index in [0.717, 1.165) is 10.4 Å². The summed E-state index contributed by atoms with van der Waals surface area (Å²) in [6.45, 7) is 1.67. The zero-order chi connectivity index (χ0) is 15.2. The lowest BCUT2D eigenvalue weighted by atomic mass is 10.2. The number of aliphatic hydroxyl groups is 1. The molecule has 0 fully saturated rings. The van der Waals surface area contributed by atoms with Gasteiger partial charge in [-0.2, -0.15) is 5.26 Å². The fraction of sp³-hybridized carbons (Fsp3) is 0.125. The first-order chi connectivity index (χ1) is 10.1. The molecule has 0 radical (unpaired) electrons. The Morgan fingerprint density at radius 3 is 2.71 bits per heavy atom. The number of thiophene rings is 1. The van der Waals surface area contributed by atoms with E-state index < -0.39 is 0 Å². The Labute approximate surface area is 126 Å². The van der Waals surface area contributed by atoms with Gasteiger partial charge in [0, 0.05) is 5.69 Å². The zero-order valence-electron chi connectivity index (χ0n) is 11.3. The van der Waals surface area contributed by atoms with E-state index in [-0.39, 0.29) is 12.5 Å². The summed E-state index contributed by atoms with van der Waals surface area (Å²) in [6.07, 6.45) is 0. The largest absolute Gasteiger partial charge is 0.384 e.